The third-order valence-electron chi connectivity index (χ3n) is 5.98. The van der Waals surface area contributed by atoms with Crippen LogP contribution in [-0.4, -0.2) is 48.4 Å². The predicted octanol–water partition coefficient (Wildman–Crippen LogP) is 3.34. The largest absolute Gasteiger partial charge is 0.342 e. The number of carbonyl (C=O) groups is 1. The number of likely N-dealkylation sites (tertiary alicyclic amines) is 1. The SMILES string of the molecule is O=C(Cc1ccccc1)N1CC[C@@H]2CN(Cc3ccc(Cl)cc3)S(=O)(=O)[C@@H]2CC1. The Kier molecular flexibility index (Phi) is 5.95. The number of halogens is 1. The molecular weight excluding hydrogens is 408 g/mol. The Morgan fingerprint density at radius 3 is 2.38 bits per heavy atom. The molecule has 0 aliphatic carbocycles. The maximum atomic E-state index is 13.1. The Morgan fingerprint density at radius 1 is 0.966 bits per heavy atom. The van der Waals surface area contributed by atoms with E-state index >= 15 is 0 Å². The average molecular weight is 433 g/mol. The molecule has 1 amide bonds. The molecule has 154 valence electrons. The second-order valence-electron chi connectivity index (χ2n) is 7.88. The Morgan fingerprint density at radius 2 is 1.66 bits per heavy atom. The average Bonchev–Trinajstić information content (AvgIpc) is 2.85. The van der Waals surface area contributed by atoms with Gasteiger partial charge in [0.05, 0.1) is 11.7 Å². The number of amides is 1. The number of hydrogen-bond acceptors (Lipinski definition) is 3. The molecule has 0 N–H and O–H groups in total. The minimum atomic E-state index is -3.37. The standard InChI is InChI=1S/C22H25ClN2O3S/c23-20-8-6-18(7-9-20)15-25-16-19-10-12-24(13-11-21(19)29(25,27)28)22(26)14-17-4-2-1-3-5-17/h1-9,19,21H,10-16H2/t19-,21-/m1/s1. The first-order valence-electron chi connectivity index (χ1n) is 9.98. The number of nitrogens with zero attached hydrogens (tertiary/aromatic N) is 2. The highest BCUT2D eigenvalue weighted by Crippen LogP contribution is 2.35. The maximum Gasteiger partial charge on any atom is 0.226 e. The number of hydrogen-bond donors (Lipinski definition) is 0. The second-order valence-corrected chi connectivity index (χ2v) is 10.5. The lowest BCUT2D eigenvalue weighted by atomic mass is 10.0. The van der Waals surface area contributed by atoms with Crippen molar-refractivity contribution < 1.29 is 13.2 Å². The fourth-order valence-electron chi connectivity index (χ4n) is 4.38. The number of sulfonamides is 1. The van der Waals surface area contributed by atoms with Gasteiger partial charge in [-0.05, 0) is 42.0 Å². The molecule has 0 bridgehead atoms. The molecule has 0 spiro atoms. The van der Waals surface area contributed by atoms with Crippen molar-refractivity contribution in [2.45, 2.75) is 31.1 Å². The molecule has 2 aliphatic heterocycles. The van der Waals surface area contributed by atoms with E-state index in [2.05, 4.69) is 0 Å². The summed E-state index contributed by atoms with van der Waals surface area (Å²) in [6.45, 7) is 2.03. The summed E-state index contributed by atoms with van der Waals surface area (Å²) in [6.07, 6.45) is 1.60. The van der Waals surface area contributed by atoms with Gasteiger partial charge in [-0.3, -0.25) is 4.79 Å². The minimum absolute atomic E-state index is 0.0711. The molecular formula is C22H25ClN2O3S. The van der Waals surface area contributed by atoms with Crippen molar-refractivity contribution in [2.75, 3.05) is 19.6 Å². The first-order valence-corrected chi connectivity index (χ1v) is 11.9. The van der Waals surface area contributed by atoms with Crippen LogP contribution in [-0.2, 0) is 27.8 Å². The molecule has 2 fully saturated rings. The van der Waals surface area contributed by atoms with Gasteiger partial charge in [-0.1, -0.05) is 54.1 Å². The Balaban J connectivity index is 1.40. The van der Waals surface area contributed by atoms with Crippen molar-refractivity contribution in [1.82, 2.24) is 9.21 Å². The van der Waals surface area contributed by atoms with Gasteiger partial charge in [-0.15, -0.1) is 0 Å². The van der Waals surface area contributed by atoms with Crippen molar-refractivity contribution in [1.29, 1.82) is 0 Å². The van der Waals surface area contributed by atoms with Crippen LogP contribution < -0.4 is 0 Å². The number of fused-ring (bicyclic) bond motifs is 1. The molecule has 29 heavy (non-hydrogen) atoms. The van der Waals surface area contributed by atoms with Gasteiger partial charge in [0, 0.05) is 31.2 Å². The fraction of sp³-hybridized carbons (Fsp3) is 0.409. The van der Waals surface area contributed by atoms with Crippen LogP contribution in [0.4, 0.5) is 0 Å². The zero-order valence-electron chi connectivity index (χ0n) is 16.2. The molecule has 2 aromatic rings. The van der Waals surface area contributed by atoms with Crippen LogP contribution in [0.15, 0.2) is 54.6 Å². The van der Waals surface area contributed by atoms with Crippen molar-refractivity contribution in [3.63, 3.8) is 0 Å². The zero-order valence-corrected chi connectivity index (χ0v) is 17.8. The van der Waals surface area contributed by atoms with Gasteiger partial charge >= 0.3 is 0 Å². The van der Waals surface area contributed by atoms with Crippen molar-refractivity contribution in [3.05, 3.63) is 70.7 Å². The fourth-order valence-corrected chi connectivity index (χ4v) is 6.72. The van der Waals surface area contributed by atoms with E-state index in [0.29, 0.717) is 44.0 Å². The molecule has 0 unspecified atom stereocenters. The highest BCUT2D eigenvalue weighted by molar-refractivity contribution is 7.90. The van der Waals surface area contributed by atoms with E-state index in [1.54, 1.807) is 16.4 Å². The molecule has 2 atom stereocenters. The number of benzene rings is 2. The molecule has 5 nitrogen and oxygen atoms in total. The molecule has 0 radical (unpaired) electrons. The lowest BCUT2D eigenvalue weighted by Crippen LogP contribution is -2.35. The molecule has 4 rings (SSSR count). The van der Waals surface area contributed by atoms with Crippen molar-refractivity contribution in [3.8, 4) is 0 Å². The van der Waals surface area contributed by atoms with Crippen molar-refractivity contribution in [2.24, 2.45) is 5.92 Å². The van der Waals surface area contributed by atoms with E-state index in [4.69, 9.17) is 11.6 Å². The van der Waals surface area contributed by atoms with Crippen LogP contribution in [0, 0.1) is 5.92 Å². The number of carbonyl (C=O) groups excluding carboxylic acids is 1. The van der Waals surface area contributed by atoms with E-state index in [9.17, 15) is 13.2 Å². The van der Waals surface area contributed by atoms with Gasteiger partial charge in [-0.2, -0.15) is 4.31 Å². The van der Waals surface area contributed by atoms with E-state index in [1.807, 2.05) is 47.4 Å². The molecule has 2 aliphatic rings. The Hall–Kier alpha value is -1.89. The van der Waals surface area contributed by atoms with Crippen LogP contribution >= 0.6 is 11.6 Å². The van der Waals surface area contributed by atoms with E-state index in [-0.39, 0.29) is 11.8 Å². The van der Waals surface area contributed by atoms with Crippen molar-refractivity contribution >= 4 is 27.5 Å². The molecule has 0 aromatic heterocycles. The monoisotopic (exact) mass is 432 g/mol. The van der Waals surface area contributed by atoms with Crippen LogP contribution in [0.2, 0.25) is 5.02 Å². The van der Waals surface area contributed by atoms with Gasteiger partial charge in [-0.25, -0.2) is 8.42 Å². The smallest absolute Gasteiger partial charge is 0.226 e. The molecule has 2 aromatic carbocycles. The topological polar surface area (TPSA) is 57.7 Å². The summed E-state index contributed by atoms with van der Waals surface area (Å²) in [6, 6.07) is 17.0. The van der Waals surface area contributed by atoms with Gasteiger partial charge < -0.3 is 4.90 Å². The summed E-state index contributed by atoms with van der Waals surface area (Å²) >= 11 is 5.93. The lowest BCUT2D eigenvalue weighted by molar-refractivity contribution is -0.130. The van der Waals surface area contributed by atoms with E-state index in [0.717, 1.165) is 17.5 Å². The van der Waals surface area contributed by atoms with E-state index < -0.39 is 15.3 Å². The van der Waals surface area contributed by atoms with Gasteiger partial charge in [0.1, 0.15) is 0 Å². The van der Waals surface area contributed by atoms with Gasteiger partial charge in [0.2, 0.25) is 15.9 Å². The third-order valence-corrected chi connectivity index (χ3v) is 8.62. The zero-order chi connectivity index (χ0) is 20.4. The molecule has 0 saturated carbocycles. The molecule has 7 heteroatoms. The van der Waals surface area contributed by atoms with Crippen LogP contribution in [0.5, 0.6) is 0 Å². The quantitative estimate of drug-likeness (QED) is 0.744. The summed E-state index contributed by atoms with van der Waals surface area (Å²) in [5, 5.41) is 0.243. The summed E-state index contributed by atoms with van der Waals surface area (Å²) in [4.78, 5) is 14.5. The summed E-state index contributed by atoms with van der Waals surface area (Å²) in [5.41, 5.74) is 1.93. The minimum Gasteiger partial charge on any atom is -0.342 e. The van der Waals surface area contributed by atoms with Gasteiger partial charge in [0.15, 0.2) is 0 Å². The first-order chi connectivity index (χ1) is 13.9. The van der Waals surface area contributed by atoms with Crippen LogP contribution in [0.3, 0.4) is 0 Å². The van der Waals surface area contributed by atoms with E-state index in [1.165, 1.54) is 0 Å². The first kappa shape index (κ1) is 20.4. The highest BCUT2D eigenvalue weighted by Gasteiger charge is 2.47. The maximum absolute atomic E-state index is 13.1. The highest BCUT2D eigenvalue weighted by atomic mass is 35.5. The molecule has 2 saturated heterocycles. The van der Waals surface area contributed by atoms with Gasteiger partial charge in [0.25, 0.3) is 0 Å². The Labute approximate surface area is 177 Å². The molecule has 2 heterocycles. The van der Waals surface area contributed by atoms with Crippen LogP contribution in [0.25, 0.3) is 0 Å². The number of rotatable bonds is 4. The lowest BCUT2D eigenvalue weighted by Gasteiger charge is -2.22. The summed E-state index contributed by atoms with van der Waals surface area (Å²) in [7, 11) is -3.37. The third kappa shape index (κ3) is 4.49. The summed E-state index contributed by atoms with van der Waals surface area (Å²) in [5.74, 6) is 0.147. The second kappa shape index (κ2) is 8.46. The Bertz CT molecular complexity index is 963. The van der Waals surface area contributed by atoms with Crippen LogP contribution in [0.1, 0.15) is 24.0 Å². The predicted molar refractivity (Wildman–Crippen MR) is 114 cm³/mol. The normalized spacial score (nSPS) is 24.1. The summed E-state index contributed by atoms with van der Waals surface area (Å²) < 4.78 is 27.8.